The highest BCUT2D eigenvalue weighted by Gasteiger charge is 2.11. The van der Waals surface area contributed by atoms with Gasteiger partial charge < -0.3 is 5.11 Å². The minimum Gasteiger partial charge on any atom is -0.506 e. The van der Waals surface area contributed by atoms with Gasteiger partial charge in [-0.1, -0.05) is 0 Å². The number of hydrogen-bond donors (Lipinski definition) is 1. The SMILES string of the molecule is Cc1c2ccsc2c(O)c2ccsc12. The second kappa shape index (κ2) is 2.72. The van der Waals surface area contributed by atoms with E-state index in [1.165, 1.54) is 15.6 Å². The highest BCUT2D eigenvalue weighted by atomic mass is 32.1. The Labute approximate surface area is 89.2 Å². The fourth-order valence-electron chi connectivity index (χ4n) is 1.82. The van der Waals surface area contributed by atoms with Gasteiger partial charge in [-0.05, 0) is 35.4 Å². The first-order valence-electron chi connectivity index (χ1n) is 4.35. The van der Waals surface area contributed by atoms with Gasteiger partial charge in [-0.15, -0.1) is 22.7 Å². The first kappa shape index (κ1) is 8.26. The Balaban J connectivity index is 2.72. The van der Waals surface area contributed by atoms with Gasteiger partial charge in [0.15, 0.2) is 0 Å². The zero-order valence-electron chi connectivity index (χ0n) is 7.57. The number of aromatic hydroxyl groups is 1. The number of benzene rings is 1. The van der Waals surface area contributed by atoms with Crippen molar-refractivity contribution in [2.24, 2.45) is 0 Å². The van der Waals surface area contributed by atoms with E-state index in [1.54, 1.807) is 22.7 Å². The van der Waals surface area contributed by atoms with Gasteiger partial charge in [-0.3, -0.25) is 0 Å². The molecule has 2 heterocycles. The van der Waals surface area contributed by atoms with Gasteiger partial charge in [-0.25, -0.2) is 0 Å². The highest BCUT2D eigenvalue weighted by Crippen LogP contribution is 2.41. The van der Waals surface area contributed by atoms with Gasteiger partial charge in [0.1, 0.15) is 5.75 Å². The van der Waals surface area contributed by atoms with Crippen molar-refractivity contribution in [1.29, 1.82) is 0 Å². The van der Waals surface area contributed by atoms with Crippen molar-refractivity contribution in [3.05, 3.63) is 28.5 Å². The van der Waals surface area contributed by atoms with Crippen molar-refractivity contribution < 1.29 is 5.11 Å². The summed E-state index contributed by atoms with van der Waals surface area (Å²) in [5.41, 5.74) is 1.28. The van der Waals surface area contributed by atoms with Crippen LogP contribution in [0.2, 0.25) is 0 Å². The average Bonchev–Trinajstić information content (AvgIpc) is 2.82. The molecular formula is C11H8OS2. The fourth-order valence-corrected chi connectivity index (χ4v) is 3.65. The molecule has 0 fully saturated rings. The minimum absolute atomic E-state index is 0.442. The summed E-state index contributed by atoms with van der Waals surface area (Å²) in [5, 5.41) is 16.3. The van der Waals surface area contributed by atoms with E-state index >= 15 is 0 Å². The molecule has 70 valence electrons. The maximum Gasteiger partial charge on any atom is 0.142 e. The van der Waals surface area contributed by atoms with Crippen LogP contribution in [0.3, 0.4) is 0 Å². The second-order valence-corrected chi connectivity index (χ2v) is 5.13. The highest BCUT2D eigenvalue weighted by molar-refractivity contribution is 7.19. The predicted molar refractivity (Wildman–Crippen MR) is 63.6 cm³/mol. The summed E-state index contributed by atoms with van der Waals surface area (Å²) in [6.45, 7) is 2.12. The Kier molecular flexibility index (Phi) is 1.60. The normalized spacial score (nSPS) is 11.5. The van der Waals surface area contributed by atoms with Crippen LogP contribution in [0.5, 0.6) is 5.75 Å². The molecule has 1 nitrogen and oxygen atoms in total. The number of hydrogen-bond acceptors (Lipinski definition) is 3. The minimum atomic E-state index is 0.442. The van der Waals surface area contributed by atoms with Crippen LogP contribution in [0.1, 0.15) is 5.56 Å². The number of phenols is 1. The van der Waals surface area contributed by atoms with Gasteiger partial charge in [0.05, 0.1) is 4.70 Å². The Morgan fingerprint density at radius 3 is 2.43 bits per heavy atom. The van der Waals surface area contributed by atoms with Gasteiger partial charge in [0.2, 0.25) is 0 Å². The van der Waals surface area contributed by atoms with Gasteiger partial charge in [0, 0.05) is 15.5 Å². The lowest BCUT2D eigenvalue weighted by molar-refractivity contribution is 0.488. The molecule has 3 heteroatoms. The van der Waals surface area contributed by atoms with E-state index in [4.69, 9.17) is 0 Å². The molecule has 0 saturated carbocycles. The molecule has 0 aliphatic rings. The lowest BCUT2D eigenvalue weighted by atomic mass is 10.1. The van der Waals surface area contributed by atoms with Crippen molar-refractivity contribution in [2.75, 3.05) is 0 Å². The molecule has 0 bridgehead atoms. The molecule has 1 aromatic carbocycles. The zero-order chi connectivity index (χ0) is 9.71. The Morgan fingerprint density at radius 1 is 1.00 bits per heavy atom. The smallest absolute Gasteiger partial charge is 0.142 e. The van der Waals surface area contributed by atoms with E-state index in [2.05, 4.69) is 13.0 Å². The van der Waals surface area contributed by atoms with Crippen LogP contribution >= 0.6 is 22.7 Å². The van der Waals surface area contributed by atoms with Crippen LogP contribution in [0, 0.1) is 6.92 Å². The molecule has 0 radical (unpaired) electrons. The van der Waals surface area contributed by atoms with Crippen LogP contribution < -0.4 is 0 Å². The zero-order valence-corrected chi connectivity index (χ0v) is 9.21. The van der Waals surface area contributed by atoms with Crippen molar-refractivity contribution in [3.8, 4) is 5.75 Å². The Morgan fingerprint density at radius 2 is 1.64 bits per heavy atom. The van der Waals surface area contributed by atoms with Crippen molar-refractivity contribution in [2.45, 2.75) is 6.92 Å². The monoisotopic (exact) mass is 220 g/mol. The van der Waals surface area contributed by atoms with Crippen LogP contribution in [0.15, 0.2) is 22.9 Å². The van der Waals surface area contributed by atoms with Crippen LogP contribution in [0.4, 0.5) is 0 Å². The standard InChI is InChI=1S/C11H8OS2/c1-6-7-2-4-14-11(7)9(12)8-3-5-13-10(6)8/h2-5,12H,1H3. The number of aryl methyl sites for hydroxylation is 1. The van der Waals surface area contributed by atoms with Crippen LogP contribution in [-0.2, 0) is 0 Å². The Bertz CT molecular complexity index is 516. The molecule has 0 aliphatic carbocycles. The van der Waals surface area contributed by atoms with E-state index in [-0.39, 0.29) is 0 Å². The molecule has 0 aliphatic heterocycles. The molecule has 3 aromatic rings. The van der Waals surface area contributed by atoms with Crippen molar-refractivity contribution in [1.82, 2.24) is 0 Å². The molecule has 2 aromatic heterocycles. The molecule has 0 spiro atoms. The summed E-state index contributed by atoms with van der Waals surface area (Å²) in [5.74, 6) is 0.442. The van der Waals surface area contributed by atoms with E-state index in [0.717, 1.165) is 10.1 Å². The third kappa shape index (κ3) is 0.885. The summed E-state index contributed by atoms with van der Waals surface area (Å²) in [7, 11) is 0. The first-order chi connectivity index (χ1) is 6.79. The maximum absolute atomic E-state index is 10.0. The molecule has 0 amide bonds. The first-order valence-corrected chi connectivity index (χ1v) is 6.11. The topological polar surface area (TPSA) is 20.2 Å². The van der Waals surface area contributed by atoms with Crippen LogP contribution in [0.25, 0.3) is 20.2 Å². The average molecular weight is 220 g/mol. The summed E-state index contributed by atoms with van der Waals surface area (Å²) in [4.78, 5) is 0. The van der Waals surface area contributed by atoms with Crippen molar-refractivity contribution in [3.63, 3.8) is 0 Å². The van der Waals surface area contributed by atoms with Crippen LogP contribution in [-0.4, -0.2) is 5.11 Å². The molecule has 1 N–H and O–H groups in total. The van der Waals surface area contributed by atoms with E-state index < -0.39 is 0 Å². The third-order valence-corrected chi connectivity index (χ3v) is 4.50. The molecule has 14 heavy (non-hydrogen) atoms. The lowest BCUT2D eigenvalue weighted by Gasteiger charge is -2.02. The van der Waals surface area contributed by atoms with E-state index in [9.17, 15) is 5.11 Å². The van der Waals surface area contributed by atoms with Gasteiger partial charge in [0.25, 0.3) is 0 Å². The summed E-state index contributed by atoms with van der Waals surface area (Å²) >= 11 is 3.29. The maximum atomic E-state index is 10.0. The van der Waals surface area contributed by atoms with Crippen molar-refractivity contribution >= 4 is 42.8 Å². The second-order valence-electron chi connectivity index (χ2n) is 3.30. The number of rotatable bonds is 0. The van der Waals surface area contributed by atoms with Gasteiger partial charge >= 0.3 is 0 Å². The summed E-state index contributed by atoms with van der Waals surface area (Å²) in [6.07, 6.45) is 0. The molecule has 0 atom stereocenters. The third-order valence-electron chi connectivity index (χ3n) is 2.55. The lowest BCUT2D eigenvalue weighted by Crippen LogP contribution is -1.75. The largest absolute Gasteiger partial charge is 0.506 e. The number of fused-ring (bicyclic) bond motifs is 2. The van der Waals surface area contributed by atoms with E-state index in [0.29, 0.717) is 5.75 Å². The summed E-state index contributed by atoms with van der Waals surface area (Å²) in [6, 6.07) is 4.07. The molecule has 0 unspecified atom stereocenters. The Hall–Kier alpha value is -1.06. The molecule has 3 rings (SSSR count). The predicted octanol–water partition coefficient (Wildman–Crippen LogP) is 4.13. The van der Waals surface area contributed by atoms with E-state index in [1.807, 2.05) is 16.8 Å². The summed E-state index contributed by atoms with van der Waals surface area (Å²) < 4.78 is 2.21. The molecular weight excluding hydrogens is 212 g/mol. The fraction of sp³-hybridized carbons (Fsp3) is 0.0909. The number of thiophene rings is 2. The number of phenolic OH excluding ortho intramolecular Hbond substituents is 1. The van der Waals surface area contributed by atoms with Gasteiger partial charge in [-0.2, -0.15) is 0 Å². The quantitative estimate of drug-likeness (QED) is 0.604. The molecule has 0 saturated heterocycles.